The molecule has 0 spiro atoms. The number of rotatable bonds is 6. The van der Waals surface area contributed by atoms with Gasteiger partial charge in [-0.05, 0) is 17.5 Å². The number of amides is 2. The van der Waals surface area contributed by atoms with E-state index in [4.69, 9.17) is 0 Å². The highest BCUT2D eigenvalue weighted by Gasteiger charge is 2.17. The third kappa shape index (κ3) is 4.20. The molecule has 0 saturated heterocycles. The molecule has 7 heteroatoms. The number of hydrogen-bond donors (Lipinski definition) is 3. The molecule has 0 saturated carbocycles. The van der Waals surface area contributed by atoms with Crippen molar-refractivity contribution in [3.05, 3.63) is 40.3 Å². The van der Waals surface area contributed by atoms with Crippen LogP contribution in [0, 0.1) is 0 Å². The Morgan fingerprint density at radius 1 is 1.45 bits per heavy atom. The summed E-state index contributed by atoms with van der Waals surface area (Å²) in [5, 5.41) is 14.1. The number of H-pyrrole nitrogens is 1. The summed E-state index contributed by atoms with van der Waals surface area (Å²) in [4.78, 5) is 24.1. The average Bonchev–Trinajstić information content (AvgIpc) is 3.08. The average molecular weight is 292 g/mol. The molecule has 0 aromatic carbocycles. The standard InChI is InChI=1S/C13H16N4O2S/c1-9(18)16-11(12-3-2-6-20-12)7-13(19)14-8-10-4-5-15-17-10/h2-6,11H,7-8H2,1H3,(H,14,19)(H,15,17)(H,16,18). The van der Waals surface area contributed by atoms with Crippen LogP contribution in [0.2, 0.25) is 0 Å². The number of hydrogen-bond acceptors (Lipinski definition) is 4. The van der Waals surface area contributed by atoms with Crippen LogP contribution in [-0.4, -0.2) is 22.0 Å². The smallest absolute Gasteiger partial charge is 0.222 e. The highest BCUT2D eigenvalue weighted by atomic mass is 32.1. The molecule has 2 rings (SSSR count). The van der Waals surface area contributed by atoms with Crippen LogP contribution in [0.5, 0.6) is 0 Å². The van der Waals surface area contributed by atoms with E-state index in [1.807, 2.05) is 17.5 Å². The summed E-state index contributed by atoms with van der Waals surface area (Å²) in [6, 6.07) is 5.32. The van der Waals surface area contributed by atoms with Crippen molar-refractivity contribution in [2.45, 2.75) is 25.9 Å². The Kier molecular flexibility index (Phi) is 4.89. The van der Waals surface area contributed by atoms with Gasteiger partial charge in [-0.2, -0.15) is 5.10 Å². The summed E-state index contributed by atoms with van der Waals surface area (Å²) in [5.74, 6) is -0.267. The van der Waals surface area contributed by atoms with Gasteiger partial charge in [0.1, 0.15) is 0 Å². The molecule has 2 heterocycles. The van der Waals surface area contributed by atoms with Gasteiger partial charge >= 0.3 is 0 Å². The summed E-state index contributed by atoms with van der Waals surface area (Å²) in [6.07, 6.45) is 1.85. The summed E-state index contributed by atoms with van der Waals surface area (Å²) in [5.41, 5.74) is 0.838. The van der Waals surface area contributed by atoms with Crippen molar-refractivity contribution in [1.82, 2.24) is 20.8 Å². The monoisotopic (exact) mass is 292 g/mol. The van der Waals surface area contributed by atoms with Gasteiger partial charge in [0.25, 0.3) is 0 Å². The Morgan fingerprint density at radius 2 is 2.30 bits per heavy atom. The van der Waals surface area contributed by atoms with Crippen molar-refractivity contribution in [3.63, 3.8) is 0 Å². The van der Waals surface area contributed by atoms with Gasteiger partial charge in [-0.15, -0.1) is 11.3 Å². The minimum absolute atomic E-state index is 0.119. The van der Waals surface area contributed by atoms with Crippen molar-refractivity contribution in [1.29, 1.82) is 0 Å². The quantitative estimate of drug-likeness (QED) is 0.751. The highest BCUT2D eigenvalue weighted by Crippen LogP contribution is 2.21. The zero-order valence-corrected chi connectivity index (χ0v) is 11.9. The lowest BCUT2D eigenvalue weighted by atomic mass is 10.1. The number of nitrogens with zero attached hydrogens (tertiary/aromatic N) is 1. The molecule has 20 heavy (non-hydrogen) atoms. The Balaban J connectivity index is 1.90. The normalized spacial score (nSPS) is 11.8. The topological polar surface area (TPSA) is 86.9 Å². The minimum Gasteiger partial charge on any atom is -0.350 e. The second kappa shape index (κ2) is 6.85. The predicted molar refractivity (Wildman–Crippen MR) is 75.9 cm³/mol. The minimum atomic E-state index is -0.283. The fourth-order valence-electron chi connectivity index (χ4n) is 1.79. The van der Waals surface area contributed by atoms with Crippen LogP contribution >= 0.6 is 11.3 Å². The Hall–Kier alpha value is -2.15. The molecule has 1 unspecified atom stereocenters. The first-order valence-corrected chi connectivity index (χ1v) is 7.08. The maximum atomic E-state index is 11.9. The van der Waals surface area contributed by atoms with Gasteiger partial charge < -0.3 is 10.6 Å². The number of nitrogens with one attached hydrogen (secondary N) is 3. The fourth-order valence-corrected chi connectivity index (χ4v) is 2.57. The molecule has 1 atom stereocenters. The molecule has 0 radical (unpaired) electrons. The van der Waals surface area contributed by atoms with Gasteiger partial charge in [0.05, 0.1) is 24.7 Å². The van der Waals surface area contributed by atoms with Gasteiger partial charge in [0, 0.05) is 18.0 Å². The lowest BCUT2D eigenvalue weighted by Gasteiger charge is -2.16. The molecule has 2 aromatic heterocycles. The van der Waals surface area contributed by atoms with Crippen LogP contribution in [0.3, 0.4) is 0 Å². The van der Waals surface area contributed by atoms with E-state index >= 15 is 0 Å². The molecular formula is C13H16N4O2S. The summed E-state index contributed by atoms with van der Waals surface area (Å²) >= 11 is 1.52. The van der Waals surface area contributed by atoms with Crippen molar-refractivity contribution >= 4 is 23.2 Å². The largest absolute Gasteiger partial charge is 0.350 e. The first kappa shape index (κ1) is 14.3. The van der Waals surface area contributed by atoms with E-state index in [0.717, 1.165) is 10.6 Å². The van der Waals surface area contributed by atoms with E-state index in [1.165, 1.54) is 18.3 Å². The molecular weight excluding hydrogens is 276 g/mol. The van der Waals surface area contributed by atoms with E-state index < -0.39 is 0 Å². The third-order valence-electron chi connectivity index (χ3n) is 2.69. The van der Waals surface area contributed by atoms with E-state index in [1.54, 1.807) is 12.3 Å². The summed E-state index contributed by atoms with van der Waals surface area (Å²) < 4.78 is 0. The summed E-state index contributed by atoms with van der Waals surface area (Å²) in [7, 11) is 0. The van der Waals surface area contributed by atoms with Crippen LogP contribution < -0.4 is 10.6 Å². The van der Waals surface area contributed by atoms with Crippen molar-refractivity contribution < 1.29 is 9.59 Å². The van der Waals surface area contributed by atoms with Gasteiger partial charge in [-0.3, -0.25) is 14.7 Å². The number of aromatic amines is 1. The zero-order valence-electron chi connectivity index (χ0n) is 11.1. The second-order valence-electron chi connectivity index (χ2n) is 4.33. The van der Waals surface area contributed by atoms with Crippen LogP contribution in [-0.2, 0) is 16.1 Å². The molecule has 0 aliphatic carbocycles. The fraction of sp³-hybridized carbons (Fsp3) is 0.308. The maximum absolute atomic E-state index is 11.9. The van der Waals surface area contributed by atoms with E-state index in [0.29, 0.717) is 6.54 Å². The van der Waals surface area contributed by atoms with E-state index in [-0.39, 0.29) is 24.3 Å². The van der Waals surface area contributed by atoms with Crippen molar-refractivity contribution in [2.75, 3.05) is 0 Å². The number of carbonyl (C=O) groups excluding carboxylic acids is 2. The number of aromatic nitrogens is 2. The van der Waals surface area contributed by atoms with Gasteiger partial charge in [0.2, 0.25) is 11.8 Å². The maximum Gasteiger partial charge on any atom is 0.222 e. The van der Waals surface area contributed by atoms with Gasteiger partial charge in [0.15, 0.2) is 0 Å². The molecule has 0 aliphatic rings. The molecule has 0 fully saturated rings. The van der Waals surface area contributed by atoms with Crippen LogP contribution in [0.15, 0.2) is 29.8 Å². The molecule has 106 valence electrons. The van der Waals surface area contributed by atoms with E-state index in [2.05, 4.69) is 20.8 Å². The highest BCUT2D eigenvalue weighted by molar-refractivity contribution is 7.10. The number of thiophene rings is 1. The lowest BCUT2D eigenvalue weighted by molar-refractivity contribution is -0.122. The Labute approximate surface area is 120 Å². The first-order valence-electron chi connectivity index (χ1n) is 6.20. The summed E-state index contributed by atoms with van der Waals surface area (Å²) in [6.45, 7) is 1.85. The molecule has 2 amide bonds. The second-order valence-corrected chi connectivity index (χ2v) is 5.31. The SMILES string of the molecule is CC(=O)NC(CC(=O)NCc1ccn[nH]1)c1cccs1. The van der Waals surface area contributed by atoms with Crippen molar-refractivity contribution in [3.8, 4) is 0 Å². The van der Waals surface area contributed by atoms with Crippen molar-refractivity contribution in [2.24, 2.45) is 0 Å². The van der Waals surface area contributed by atoms with Crippen LogP contribution in [0.1, 0.15) is 30.0 Å². The molecule has 3 N–H and O–H groups in total. The van der Waals surface area contributed by atoms with Gasteiger partial charge in [-0.1, -0.05) is 6.07 Å². The molecule has 0 bridgehead atoms. The zero-order chi connectivity index (χ0) is 14.4. The Bertz CT molecular complexity index is 551. The number of carbonyl (C=O) groups is 2. The lowest BCUT2D eigenvalue weighted by Crippen LogP contribution is -2.32. The third-order valence-corrected chi connectivity index (χ3v) is 3.67. The Morgan fingerprint density at radius 3 is 2.90 bits per heavy atom. The molecule has 2 aromatic rings. The van der Waals surface area contributed by atoms with E-state index in [9.17, 15) is 9.59 Å². The first-order chi connectivity index (χ1) is 9.65. The van der Waals surface area contributed by atoms with Gasteiger partial charge in [-0.25, -0.2) is 0 Å². The van der Waals surface area contributed by atoms with Crippen LogP contribution in [0.25, 0.3) is 0 Å². The van der Waals surface area contributed by atoms with Crippen LogP contribution in [0.4, 0.5) is 0 Å². The molecule has 0 aliphatic heterocycles. The predicted octanol–water partition coefficient (Wildman–Crippen LogP) is 1.35. The molecule has 6 nitrogen and oxygen atoms in total.